The molecule has 0 amide bonds. The van der Waals surface area contributed by atoms with E-state index in [1.54, 1.807) is 42.6 Å². The van der Waals surface area contributed by atoms with Crippen LogP contribution >= 0.6 is 0 Å². The number of Topliss-reactive ketones (excluding diaryl/α,β-unsaturated/α-hetero) is 1. The van der Waals surface area contributed by atoms with Gasteiger partial charge in [-0.1, -0.05) is 24.3 Å². The van der Waals surface area contributed by atoms with Gasteiger partial charge in [0.1, 0.15) is 5.82 Å². The Morgan fingerprint density at radius 1 is 1.12 bits per heavy atom. The number of anilines is 1. The molecule has 8 nitrogen and oxygen atoms in total. The van der Waals surface area contributed by atoms with E-state index in [9.17, 15) is 19.8 Å². The van der Waals surface area contributed by atoms with Gasteiger partial charge >= 0.3 is 5.97 Å². The number of benzene rings is 1. The second kappa shape index (κ2) is 8.35. The minimum Gasteiger partial charge on any atom is -0.481 e. The van der Waals surface area contributed by atoms with Crippen LogP contribution in [0.3, 0.4) is 0 Å². The van der Waals surface area contributed by atoms with Crippen molar-refractivity contribution in [3.63, 3.8) is 0 Å². The van der Waals surface area contributed by atoms with Crippen molar-refractivity contribution in [2.45, 2.75) is 45.6 Å². The highest BCUT2D eigenvalue weighted by atomic mass is 16.4. The van der Waals surface area contributed by atoms with Gasteiger partial charge in [0.25, 0.3) is 0 Å². The Hall–Kier alpha value is -3.26. The van der Waals surface area contributed by atoms with E-state index in [-0.39, 0.29) is 18.1 Å². The maximum Gasteiger partial charge on any atom is 0.306 e. The minimum atomic E-state index is -0.961. The number of aliphatic carboxylic acids is 1. The predicted octanol–water partition coefficient (Wildman–Crippen LogP) is 2.99. The third kappa shape index (κ3) is 4.50. The van der Waals surface area contributed by atoms with Crippen LogP contribution in [-0.4, -0.2) is 49.7 Å². The van der Waals surface area contributed by atoms with Crippen molar-refractivity contribution in [1.82, 2.24) is 14.6 Å². The number of aryl methyl sites for hydroxylation is 1. The molecule has 0 aliphatic carbocycles. The molecule has 168 valence electrons. The maximum atomic E-state index is 12.9. The molecule has 0 radical (unpaired) electrons. The second-order valence-electron chi connectivity index (χ2n) is 9.00. The van der Waals surface area contributed by atoms with Gasteiger partial charge in [-0.05, 0) is 39.2 Å². The number of carbonyl (C=O) groups excluding carboxylic acids is 1. The number of piperidine rings is 1. The fourth-order valence-electron chi connectivity index (χ4n) is 4.13. The molecule has 1 aliphatic rings. The summed E-state index contributed by atoms with van der Waals surface area (Å²) in [4.78, 5) is 31.0. The molecular weight excluding hydrogens is 408 g/mol. The molecule has 32 heavy (non-hydrogen) atoms. The van der Waals surface area contributed by atoms with Crippen LogP contribution in [0.15, 0.2) is 36.4 Å². The van der Waals surface area contributed by atoms with E-state index in [1.807, 2.05) is 19.1 Å². The van der Waals surface area contributed by atoms with E-state index >= 15 is 0 Å². The smallest absolute Gasteiger partial charge is 0.306 e. The summed E-state index contributed by atoms with van der Waals surface area (Å²) in [5, 5.41) is 23.9. The number of aromatic nitrogens is 3. The number of carboxylic acid groups (broad SMARTS) is 1. The highest BCUT2D eigenvalue weighted by Gasteiger charge is 2.26. The third-order valence-electron chi connectivity index (χ3n) is 6.01. The first kappa shape index (κ1) is 22.0. The van der Waals surface area contributed by atoms with Crippen LogP contribution in [-0.2, 0) is 16.8 Å². The zero-order valence-electron chi connectivity index (χ0n) is 18.6. The molecule has 0 atom stereocenters. The van der Waals surface area contributed by atoms with Gasteiger partial charge in [-0.25, -0.2) is 4.98 Å². The first-order chi connectivity index (χ1) is 15.1. The fourth-order valence-corrected chi connectivity index (χ4v) is 4.13. The minimum absolute atomic E-state index is 0.0593. The van der Waals surface area contributed by atoms with Crippen LogP contribution in [0.1, 0.15) is 54.0 Å². The Labute approximate surface area is 186 Å². The molecule has 1 saturated heterocycles. The van der Waals surface area contributed by atoms with E-state index in [0.717, 1.165) is 17.1 Å². The van der Waals surface area contributed by atoms with Gasteiger partial charge in [0.2, 0.25) is 0 Å². The maximum absolute atomic E-state index is 12.9. The highest BCUT2D eigenvalue weighted by molar-refractivity contribution is 5.97. The number of ketones is 1. The van der Waals surface area contributed by atoms with Crippen molar-refractivity contribution in [1.29, 1.82) is 0 Å². The molecule has 0 saturated carbocycles. The highest BCUT2D eigenvalue weighted by Crippen LogP contribution is 2.26. The SMILES string of the molecule is Cc1cc2nc(CC(=O)c3ccc(C(C)(C)O)cc3)cc(N3CCC(C(=O)O)CC3)n2n1. The van der Waals surface area contributed by atoms with Gasteiger partial charge in [0.05, 0.1) is 29.3 Å². The Morgan fingerprint density at radius 2 is 1.78 bits per heavy atom. The molecule has 0 bridgehead atoms. The number of hydrogen-bond donors (Lipinski definition) is 2. The average molecular weight is 437 g/mol. The monoisotopic (exact) mass is 436 g/mol. The number of rotatable bonds is 6. The number of carbonyl (C=O) groups is 2. The molecule has 1 fully saturated rings. The Bertz CT molecular complexity index is 1150. The topological polar surface area (TPSA) is 108 Å². The summed E-state index contributed by atoms with van der Waals surface area (Å²) in [5.41, 5.74) is 2.48. The number of fused-ring (bicyclic) bond motifs is 1. The molecule has 3 heterocycles. The Balaban J connectivity index is 1.59. The average Bonchev–Trinajstić information content (AvgIpc) is 3.12. The van der Waals surface area contributed by atoms with Crippen LogP contribution in [0.4, 0.5) is 5.82 Å². The van der Waals surface area contributed by atoms with E-state index in [4.69, 9.17) is 0 Å². The quantitative estimate of drug-likeness (QED) is 0.572. The molecular formula is C24H28N4O4. The van der Waals surface area contributed by atoms with Crippen molar-refractivity contribution in [3.8, 4) is 0 Å². The molecule has 1 aliphatic heterocycles. The number of aliphatic hydroxyl groups is 1. The van der Waals surface area contributed by atoms with E-state index < -0.39 is 11.6 Å². The van der Waals surface area contributed by atoms with Crippen LogP contribution < -0.4 is 4.90 Å². The van der Waals surface area contributed by atoms with Crippen molar-refractivity contribution >= 4 is 23.2 Å². The summed E-state index contributed by atoms with van der Waals surface area (Å²) in [6.45, 7) is 6.53. The summed E-state index contributed by atoms with van der Waals surface area (Å²) in [6.07, 6.45) is 1.28. The first-order valence-electron chi connectivity index (χ1n) is 10.8. The van der Waals surface area contributed by atoms with Crippen LogP contribution in [0.5, 0.6) is 0 Å². The lowest BCUT2D eigenvalue weighted by Crippen LogP contribution is -2.37. The largest absolute Gasteiger partial charge is 0.481 e. The standard InChI is InChI=1S/C24H28N4O4/c1-15-12-21-25-19(13-20(29)16-4-6-18(7-5-16)24(2,3)32)14-22(28(21)26-15)27-10-8-17(9-11-27)23(30)31/h4-7,12,14,17,32H,8-11,13H2,1-3H3,(H,30,31). The fraction of sp³-hybridized carbons (Fsp3) is 0.417. The van der Waals surface area contributed by atoms with Gasteiger partial charge in [-0.2, -0.15) is 9.61 Å². The molecule has 4 rings (SSSR count). The molecule has 8 heteroatoms. The zero-order chi connectivity index (χ0) is 23.0. The summed E-state index contributed by atoms with van der Waals surface area (Å²) >= 11 is 0. The van der Waals surface area contributed by atoms with Gasteiger partial charge < -0.3 is 15.1 Å². The summed E-state index contributed by atoms with van der Waals surface area (Å²) < 4.78 is 1.77. The van der Waals surface area contributed by atoms with E-state index in [0.29, 0.717) is 42.8 Å². The summed E-state index contributed by atoms with van der Waals surface area (Å²) in [5.74, 6) is -0.305. The van der Waals surface area contributed by atoms with Gasteiger partial charge in [-0.3, -0.25) is 9.59 Å². The summed E-state index contributed by atoms with van der Waals surface area (Å²) in [7, 11) is 0. The first-order valence-corrected chi connectivity index (χ1v) is 10.8. The van der Waals surface area contributed by atoms with E-state index in [2.05, 4.69) is 15.0 Å². The zero-order valence-corrected chi connectivity index (χ0v) is 18.6. The number of carboxylic acids is 1. The number of hydrogen-bond acceptors (Lipinski definition) is 6. The second-order valence-corrected chi connectivity index (χ2v) is 9.00. The molecule has 3 aromatic rings. The third-order valence-corrected chi connectivity index (χ3v) is 6.01. The van der Waals surface area contributed by atoms with Crippen molar-refractivity contribution in [2.75, 3.05) is 18.0 Å². The van der Waals surface area contributed by atoms with Crippen LogP contribution in [0, 0.1) is 12.8 Å². The van der Waals surface area contributed by atoms with Gasteiger partial charge in [-0.15, -0.1) is 0 Å². The number of nitrogens with zero attached hydrogens (tertiary/aromatic N) is 4. The van der Waals surface area contributed by atoms with Crippen molar-refractivity contribution < 1.29 is 19.8 Å². The van der Waals surface area contributed by atoms with Crippen LogP contribution in [0.25, 0.3) is 5.65 Å². The molecule has 1 aromatic carbocycles. The van der Waals surface area contributed by atoms with Crippen molar-refractivity contribution in [3.05, 3.63) is 58.9 Å². The lowest BCUT2D eigenvalue weighted by molar-refractivity contribution is -0.142. The summed E-state index contributed by atoms with van der Waals surface area (Å²) in [6, 6.07) is 10.7. The lowest BCUT2D eigenvalue weighted by atomic mass is 9.96. The molecule has 0 unspecified atom stereocenters. The van der Waals surface area contributed by atoms with Crippen molar-refractivity contribution in [2.24, 2.45) is 5.92 Å². The predicted molar refractivity (Wildman–Crippen MR) is 120 cm³/mol. The van der Waals surface area contributed by atoms with Crippen LogP contribution in [0.2, 0.25) is 0 Å². The van der Waals surface area contributed by atoms with E-state index in [1.165, 1.54) is 0 Å². The lowest BCUT2D eigenvalue weighted by Gasteiger charge is -2.32. The van der Waals surface area contributed by atoms with Gasteiger partial charge in [0.15, 0.2) is 11.4 Å². The molecule has 2 N–H and O–H groups in total. The molecule has 2 aromatic heterocycles. The normalized spacial score (nSPS) is 15.3. The Kier molecular flexibility index (Phi) is 5.73. The molecule has 0 spiro atoms. The Morgan fingerprint density at radius 3 is 2.38 bits per heavy atom. The van der Waals surface area contributed by atoms with Gasteiger partial charge in [0, 0.05) is 30.8 Å².